The second kappa shape index (κ2) is 7.89. The maximum Gasteiger partial charge on any atom is 0.248 e. The van der Waals surface area contributed by atoms with Crippen LogP contribution in [0.5, 0.6) is 0 Å². The number of benzene rings is 2. The molecule has 2 aromatic rings. The van der Waals surface area contributed by atoms with Crippen molar-refractivity contribution >= 4 is 50.0 Å². The molecule has 5 nitrogen and oxygen atoms in total. The summed E-state index contributed by atoms with van der Waals surface area (Å²) < 4.78 is 24.2. The van der Waals surface area contributed by atoms with E-state index in [4.69, 9.17) is 11.6 Å². The average molecular weight is 435 g/mol. The van der Waals surface area contributed by atoms with E-state index in [1.807, 2.05) is 47.4 Å². The molecule has 2 fully saturated rings. The van der Waals surface area contributed by atoms with Crippen LogP contribution in [0.4, 0.5) is 5.69 Å². The second-order valence-electron chi connectivity index (χ2n) is 6.92. The van der Waals surface area contributed by atoms with Gasteiger partial charge in [0.2, 0.25) is 5.91 Å². The van der Waals surface area contributed by atoms with Gasteiger partial charge in [-0.15, -0.1) is 0 Å². The minimum atomic E-state index is -3.08. The highest BCUT2D eigenvalue weighted by molar-refractivity contribution is 8.16. The Morgan fingerprint density at radius 2 is 1.82 bits per heavy atom. The first-order valence-corrected chi connectivity index (χ1v) is 12.1. The summed E-state index contributed by atoms with van der Waals surface area (Å²) in [5.74, 6) is -0.0121. The number of fused-ring (bicyclic) bond motifs is 1. The fraction of sp³-hybridized carbons (Fsp3) is 0.300. The number of amides is 1. The summed E-state index contributed by atoms with van der Waals surface area (Å²) in [4.78, 5) is 18.7. The maximum absolute atomic E-state index is 12.5. The van der Waals surface area contributed by atoms with E-state index in [1.54, 1.807) is 12.1 Å². The molecule has 146 valence electrons. The molecule has 2 aliphatic heterocycles. The van der Waals surface area contributed by atoms with Gasteiger partial charge in [0.1, 0.15) is 0 Å². The Morgan fingerprint density at radius 3 is 2.54 bits per heavy atom. The number of hydrogen-bond acceptors (Lipinski definition) is 4. The van der Waals surface area contributed by atoms with Gasteiger partial charge in [0.25, 0.3) is 0 Å². The Balaban J connectivity index is 1.56. The van der Waals surface area contributed by atoms with Crippen LogP contribution in [0.15, 0.2) is 59.6 Å². The van der Waals surface area contributed by atoms with Gasteiger partial charge in [-0.05, 0) is 36.2 Å². The topological polar surface area (TPSA) is 66.8 Å². The lowest BCUT2D eigenvalue weighted by Crippen LogP contribution is -2.37. The van der Waals surface area contributed by atoms with E-state index in [0.717, 1.165) is 11.3 Å². The molecular weight excluding hydrogens is 416 g/mol. The zero-order chi connectivity index (χ0) is 19.7. The molecule has 0 bridgehead atoms. The van der Waals surface area contributed by atoms with Gasteiger partial charge in [0.05, 0.1) is 17.5 Å². The molecule has 1 amide bonds. The van der Waals surface area contributed by atoms with Crippen molar-refractivity contribution in [1.29, 1.82) is 0 Å². The smallest absolute Gasteiger partial charge is 0.248 e. The van der Waals surface area contributed by atoms with Gasteiger partial charge in [-0.1, -0.05) is 53.7 Å². The number of rotatable bonds is 4. The number of sulfone groups is 1. The molecule has 0 spiro atoms. The SMILES string of the molecule is O=C(CCc1ccccc1)N=C1S[C@H]2CS(=O)(=O)C[C@@H]2N1c1ccc(Cl)cc1. The van der Waals surface area contributed by atoms with Crippen molar-refractivity contribution < 1.29 is 13.2 Å². The number of anilines is 1. The number of nitrogens with zero attached hydrogens (tertiary/aromatic N) is 2. The summed E-state index contributed by atoms with van der Waals surface area (Å²) in [5, 5.41) is 1.07. The van der Waals surface area contributed by atoms with E-state index >= 15 is 0 Å². The maximum atomic E-state index is 12.5. The first-order valence-electron chi connectivity index (χ1n) is 8.99. The summed E-state index contributed by atoms with van der Waals surface area (Å²) in [7, 11) is -3.08. The molecule has 4 rings (SSSR count). The Kier molecular flexibility index (Phi) is 5.49. The van der Waals surface area contributed by atoms with Crippen LogP contribution < -0.4 is 4.90 Å². The summed E-state index contributed by atoms with van der Waals surface area (Å²) in [6, 6.07) is 16.8. The van der Waals surface area contributed by atoms with E-state index in [9.17, 15) is 13.2 Å². The second-order valence-corrected chi connectivity index (χ2v) is 10.7. The molecule has 0 aromatic heterocycles. The molecule has 0 unspecified atom stereocenters. The molecule has 0 radical (unpaired) electrons. The molecule has 2 aliphatic rings. The first-order chi connectivity index (χ1) is 13.4. The Morgan fingerprint density at radius 1 is 1.11 bits per heavy atom. The van der Waals surface area contributed by atoms with Crippen molar-refractivity contribution in [2.45, 2.75) is 24.1 Å². The summed E-state index contributed by atoms with van der Waals surface area (Å²) in [5.41, 5.74) is 1.89. The quantitative estimate of drug-likeness (QED) is 0.735. The Bertz CT molecular complexity index is 1010. The number of halogens is 1. The molecule has 2 atom stereocenters. The molecule has 0 aliphatic carbocycles. The summed E-state index contributed by atoms with van der Waals surface area (Å²) >= 11 is 7.37. The first kappa shape index (κ1) is 19.5. The zero-order valence-electron chi connectivity index (χ0n) is 15.0. The number of amidine groups is 1. The Hall–Kier alpha value is -1.83. The number of thioether (sulfide) groups is 1. The fourth-order valence-corrected chi connectivity index (χ4v) is 7.58. The van der Waals surface area contributed by atoms with Gasteiger partial charge in [-0.25, -0.2) is 8.42 Å². The highest BCUT2D eigenvalue weighted by atomic mass is 35.5. The molecule has 2 saturated heterocycles. The van der Waals surface area contributed by atoms with E-state index < -0.39 is 9.84 Å². The van der Waals surface area contributed by atoms with E-state index in [2.05, 4.69) is 4.99 Å². The van der Waals surface area contributed by atoms with Crippen LogP contribution in [0.25, 0.3) is 0 Å². The van der Waals surface area contributed by atoms with E-state index in [0.29, 0.717) is 23.0 Å². The van der Waals surface area contributed by atoms with Gasteiger partial charge in [0.15, 0.2) is 15.0 Å². The van der Waals surface area contributed by atoms with Crippen LogP contribution >= 0.6 is 23.4 Å². The standard InChI is InChI=1S/C20H19ClN2O3S2/c21-15-7-9-16(10-8-15)23-17-12-28(25,26)13-18(17)27-20(23)22-19(24)11-6-14-4-2-1-3-5-14/h1-5,7-10,17-18H,6,11-13H2/t17-,18-/m0/s1. The molecule has 28 heavy (non-hydrogen) atoms. The van der Waals surface area contributed by atoms with Crippen LogP contribution in [0.1, 0.15) is 12.0 Å². The molecular formula is C20H19ClN2O3S2. The summed E-state index contributed by atoms with van der Waals surface area (Å²) in [6.45, 7) is 0. The zero-order valence-corrected chi connectivity index (χ0v) is 17.4. The number of hydrogen-bond donors (Lipinski definition) is 0. The van der Waals surface area contributed by atoms with Crippen molar-refractivity contribution in [3.63, 3.8) is 0 Å². The third kappa shape index (κ3) is 4.26. The van der Waals surface area contributed by atoms with E-state index in [-0.39, 0.29) is 28.7 Å². The predicted octanol–water partition coefficient (Wildman–Crippen LogP) is 3.57. The van der Waals surface area contributed by atoms with Crippen LogP contribution in [-0.4, -0.2) is 42.3 Å². The highest BCUT2D eigenvalue weighted by Gasteiger charge is 2.49. The molecule has 2 heterocycles. The van der Waals surface area contributed by atoms with Crippen molar-refractivity contribution in [2.75, 3.05) is 16.4 Å². The molecule has 0 N–H and O–H groups in total. The predicted molar refractivity (Wildman–Crippen MR) is 115 cm³/mol. The van der Waals surface area contributed by atoms with Gasteiger partial charge >= 0.3 is 0 Å². The van der Waals surface area contributed by atoms with Crippen LogP contribution in [0, 0.1) is 0 Å². The minimum Gasteiger partial charge on any atom is -0.316 e. The van der Waals surface area contributed by atoms with Gasteiger partial charge < -0.3 is 4.90 Å². The lowest BCUT2D eigenvalue weighted by molar-refractivity contribution is -0.117. The number of aliphatic imine (C=N–C) groups is 1. The van der Waals surface area contributed by atoms with Gasteiger partial charge in [-0.2, -0.15) is 4.99 Å². The van der Waals surface area contributed by atoms with Crippen molar-refractivity contribution in [3.05, 3.63) is 65.2 Å². The highest BCUT2D eigenvalue weighted by Crippen LogP contribution is 2.41. The Labute approximate surface area is 173 Å². The summed E-state index contributed by atoms with van der Waals surface area (Å²) in [6.07, 6.45) is 0.944. The van der Waals surface area contributed by atoms with Crippen LogP contribution in [0.2, 0.25) is 5.02 Å². The normalized spacial score (nSPS) is 24.5. The van der Waals surface area contributed by atoms with Crippen molar-refractivity contribution in [3.8, 4) is 0 Å². The molecule has 0 saturated carbocycles. The molecule has 8 heteroatoms. The van der Waals surface area contributed by atoms with Gasteiger partial charge in [-0.3, -0.25) is 4.79 Å². The van der Waals surface area contributed by atoms with E-state index in [1.165, 1.54) is 11.8 Å². The van der Waals surface area contributed by atoms with Crippen LogP contribution in [0.3, 0.4) is 0 Å². The monoisotopic (exact) mass is 434 g/mol. The van der Waals surface area contributed by atoms with Crippen LogP contribution in [-0.2, 0) is 21.1 Å². The average Bonchev–Trinajstić information content (AvgIpc) is 3.12. The third-order valence-corrected chi connectivity index (χ3v) is 8.32. The fourth-order valence-electron chi connectivity index (χ4n) is 3.53. The largest absolute Gasteiger partial charge is 0.316 e. The van der Waals surface area contributed by atoms with Crippen molar-refractivity contribution in [2.24, 2.45) is 4.99 Å². The number of carbonyl (C=O) groups is 1. The van der Waals surface area contributed by atoms with Gasteiger partial charge in [0, 0.05) is 22.4 Å². The third-order valence-electron chi connectivity index (χ3n) is 4.86. The lowest BCUT2D eigenvalue weighted by Gasteiger charge is -2.24. The molecule has 2 aromatic carbocycles. The minimum absolute atomic E-state index is 0.0739. The van der Waals surface area contributed by atoms with Crippen molar-refractivity contribution in [1.82, 2.24) is 0 Å². The number of aryl methyl sites for hydroxylation is 1. The number of carbonyl (C=O) groups excluding carboxylic acids is 1. The lowest BCUT2D eigenvalue weighted by atomic mass is 10.1.